The zero-order valence-corrected chi connectivity index (χ0v) is 31.9. The Labute approximate surface area is 353 Å². The Hall–Kier alpha value is 0.330. The molecule has 0 rings (SSSR count). The van der Waals surface area contributed by atoms with Gasteiger partial charge in [0.05, 0.1) is 18.9 Å². The summed E-state index contributed by atoms with van der Waals surface area (Å²) in [4.78, 5) is 24.4. The van der Waals surface area contributed by atoms with E-state index in [1.807, 2.05) is 0 Å². The van der Waals surface area contributed by atoms with Crippen molar-refractivity contribution >= 4 is 81.2 Å². The Kier molecular flexibility index (Phi) is 46.0. The third-order valence-electron chi connectivity index (χ3n) is 9.00. The van der Waals surface area contributed by atoms with Crippen LogP contribution in [-0.4, -0.2) is 89.3 Å². The Morgan fingerprint density at radius 3 is 1.08 bits per heavy atom. The molecule has 0 spiro atoms. The number of ether oxygens (including phenoxy) is 2. The first-order valence-corrected chi connectivity index (χ1v) is 21.5. The Bertz CT molecular complexity index is 909. The number of unbranched alkanes of at least 4 members (excludes halogenated alkanes) is 28. The van der Waals surface area contributed by atoms with E-state index >= 15 is 0 Å². The van der Waals surface area contributed by atoms with Gasteiger partial charge in [-0.2, -0.15) is 8.42 Å². The molecule has 0 fully saturated rings. The molecule has 286 valence electrons. The van der Waals surface area contributed by atoms with E-state index in [4.69, 9.17) is 9.47 Å². The molecule has 0 aromatic rings. The second kappa shape index (κ2) is 42.1. The van der Waals surface area contributed by atoms with Gasteiger partial charge in [-0.05, 0) is 37.8 Å². The van der Waals surface area contributed by atoms with Crippen molar-refractivity contribution in [2.75, 3.05) is 0 Å². The molecule has 0 saturated carbocycles. The Morgan fingerprint density at radius 2 is 0.780 bits per heavy atom. The predicted molar refractivity (Wildman–Crippen MR) is 215 cm³/mol. The van der Waals surface area contributed by atoms with Crippen molar-refractivity contribution in [3.8, 4) is 0 Å². The van der Waals surface area contributed by atoms with Crippen LogP contribution in [0.5, 0.6) is 0 Å². The molecule has 0 bridgehead atoms. The number of hydrogen-bond acceptors (Lipinski definition) is 6. The summed E-state index contributed by atoms with van der Waals surface area (Å²) >= 11 is 0. The van der Waals surface area contributed by atoms with Gasteiger partial charge in [0.25, 0.3) is 10.1 Å². The molecule has 10 heteroatoms. The van der Waals surface area contributed by atoms with Crippen molar-refractivity contribution in [2.45, 2.75) is 218 Å². The molecule has 0 aromatic heterocycles. The van der Waals surface area contributed by atoms with Crippen LogP contribution in [0.4, 0.5) is 0 Å². The van der Waals surface area contributed by atoms with Gasteiger partial charge < -0.3 is 9.47 Å². The number of carbonyl (C=O) groups excluding carboxylic acids is 2. The minimum atomic E-state index is -4.83. The van der Waals surface area contributed by atoms with Crippen molar-refractivity contribution in [1.82, 2.24) is 0 Å². The third-order valence-corrected chi connectivity index (χ3v) is 10.1. The molecule has 50 heavy (non-hydrogen) atoms. The van der Waals surface area contributed by atoms with E-state index in [0.717, 1.165) is 38.4 Å². The fourth-order valence-corrected chi connectivity index (χ4v) is 6.52. The first kappa shape index (κ1) is 54.7. The van der Waals surface area contributed by atoms with Gasteiger partial charge in [0.15, 0.2) is 5.25 Å². The van der Waals surface area contributed by atoms with Gasteiger partial charge in [-0.15, -0.1) is 0 Å². The third kappa shape index (κ3) is 39.5. The monoisotopic (exact) mass is 747 g/mol. The molecule has 0 aromatic carbocycles. The molecule has 0 saturated heterocycles. The predicted octanol–water partition coefficient (Wildman–Crippen LogP) is 11.2. The van der Waals surface area contributed by atoms with Crippen LogP contribution in [0.2, 0.25) is 0 Å². The zero-order valence-electron chi connectivity index (χ0n) is 31.1. The van der Waals surface area contributed by atoms with Crippen LogP contribution in [-0.2, 0) is 29.2 Å². The van der Waals surface area contributed by atoms with Gasteiger partial charge in [-0.25, -0.2) is 0 Å². The van der Waals surface area contributed by atoms with Gasteiger partial charge in [0.2, 0.25) is 0 Å². The fraction of sp³-hybridized carbons (Fsp3) is 0.850. The average Bonchev–Trinajstić information content (AvgIpc) is 3.05. The van der Waals surface area contributed by atoms with Gasteiger partial charge in [-0.3, -0.25) is 14.1 Å². The molecule has 0 aliphatic rings. The summed E-state index contributed by atoms with van der Waals surface area (Å²) in [5.74, 6) is -2.11. The van der Waals surface area contributed by atoms with Crippen molar-refractivity contribution < 1.29 is 32.0 Å². The van der Waals surface area contributed by atoms with Crippen LogP contribution >= 0.6 is 0 Å². The van der Waals surface area contributed by atoms with E-state index in [0.29, 0.717) is 6.42 Å². The van der Waals surface area contributed by atoms with Crippen molar-refractivity contribution in [2.24, 2.45) is 0 Å². The topological polar surface area (TPSA) is 107 Å². The first-order valence-electron chi connectivity index (χ1n) is 20.0. The number of rotatable bonds is 36. The van der Waals surface area contributed by atoms with E-state index in [-0.39, 0.29) is 59.1 Å². The minimum absolute atomic E-state index is 0. The summed E-state index contributed by atoms with van der Waals surface area (Å²) in [5.41, 5.74) is 0. The molecular weight excluding hydrogens is 670 g/mol. The quantitative estimate of drug-likeness (QED) is 0.0224. The van der Waals surface area contributed by atoms with Crippen molar-refractivity contribution in [3.63, 3.8) is 0 Å². The van der Waals surface area contributed by atoms with Crippen LogP contribution in [0.3, 0.4) is 0 Å². The Balaban J connectivity index is -0.0000110. The van der Waals surface area contributed by atoms with E-state index < -0.39 is 33.7 Å². The second-order valence-corrected chi connectivity index (χ2v) is 15.2. The van der Waals surface area contributed by atoms with E-state index in [1.54, 1.807) is 12.2 Å². The summed E-state index contributed by atoms with van der Waals surface area (Å²) in [7, 11) is -4.83. The number of esters is 2. The SMILES string of the molecule is CCCCCCCCCCCCCCCCC=COC(=O)CC(C(=O)OC=CCCCCCCCCCCCCCCCC)S(=O)(=O)O.[NaH].[NaH]. The van der Waals surface area contributed by atoms with Crippen LogP contribution in [0.15, 0.2) is 24.7 Å². The summed E-state index contributed by atoms with van der Waals surface area (Å²) in [6, 6.07) is 0. The standard InChI is InChI=1S/C40H74O7S.2Na.2H/c1-3-5-7-9-11-13-15-17-19-21-23-25-27-29-31-33-35-46-39(41)37-38(48(43,44)45)40(42)47-36-34-32-30-28-26-24-22-20-18-16-14-12-10-8-6-4-2;;;;/h33-36,38H,3-32,37H2,1-2H3,(H,43,44,45);;;;. The summed E-state index contributed by atoms with van der Waals surface area (Å²) in [5, 5.41) is -2.02. The maximum atomic E-state index is 12.3. The normalized spacial score (nSPS) is 12.1. The van der Waals surface area contributed by atoms with E-state index in [2.05, 4.69) is 13.8 Å². The van der Waals surface area contributed by atoms with Crippen molar-refractivity contribution in [3.05, 3.63) is 24.7 Å². The molecule has 1 atom stereocenters. The van der Waals surface area contributed by atoms with Gasteiger partial charge in [0, 0.05) is 0 Å². The molecule has 7 nitrogen and oxygen atoms in total. The van der Waals surface area contributed by atoms with Gasteiger partial charge in [0.1, 0.15) is 0 Å². The number of allylic oxidation sites excluding steroid dienone is 2. The molecular formula is C40H76Na2O7S. The maximum absolute atomic E-state index is 12.3. The van der Waals surface area contributed by atoms with Crippen molar-refractivity contribution in [1.29, 1.82) is 0 Å². The van der Waals surface area contributed by atoms with E-state index in [9.17, 15) is 22.6 Å². The van der Waals surface area contributed by atoms with Gasteiger partial charge >= 0.3 is 71.1 Å². The molecule has 1 N–H and O–H groups in total. The first-order chi connectivity index (χ1) is 23.3. The van der Waals surface area contributed by atoms with Crippen LogP contribution in [0, 0.1) is 0 Å². The van der Waals surface area contributed by atoms with Crippen LogP contribution in [0.1, 0.15) is 213 Å². The number of carbonyl (C=O) groups is 2. The summed E-state index contributed by atoms with van der Waals surface area (Å²) < 4.78 is 42.8. The zero-order chi connectivity index (χ0) is 35.4. The van der Waals surface area contributed by atoms with Gasteiger partial charge in [-0.1, -0.05) is 181 Å². The van der Waals surface area contributed by atoms with Crippen LogP contribution in [0.25, 0.3) is 0 Å². The summed E-state index contributed by atoms with van der Waals surface area (Å²) in [6.45, 7) is 4.51. The van der Waals surface area contributed by atoms with Crippen LogP contribution < -0.4 is 0 Å². The molecule has 0 heterocycles. The molecule has 1 unspecified atom stereocenters. The average molecular weight is 747 g/mol. The molecule has 0 aliphatic heterocycles. The Morgan fingerprint density at radius 1 is 0.500 bits per heavy atom. The molecule has 0 aliphatic carbocycles. The second-order valence-electron chi connectivity index (χ2n) is 13.6. The van der Waals surface area contributed by atoms with E-state index in [1.165, 1.54) is 160 Å². The summed E-state index contributed by atoms with van der Waals surface area (Å²) in [6.07, 6.45) is 42.3. The number of hydrogen-bond donors (Lipinski definition) is 1. The fourth-order valence-electron chi connectivity index (χ4n) is 5.87. The molecule has 0 radical (unpaired) electrons. The molecule has 0 amide bonds.